The van der Waals surface area contributed by atoms with E-state index in [1.165, 1.54) is 0 Å². The SMILES string of the molecule is CCCCCC(C)C(=O)C(O)(CO)C(O)(C(=O)C(C)CCCCC)C(=O)C(C)CCCCC. The number of rotatable bonds is 20. The van der Waals surface area contributed by atoms with Gasteiger partial charge in [0.25, 0.3) is 0 Å². The Balaban J connectivity index is 6.19. The van der Waals surface area contributed by atoms with Crippen molar-refractivity contribution >= 4 is 17.3 Å². The van der Waals surface area contributed by atoms with Crippen LogP contribution in [0.3, 0.4) is 0 Å². The molecule has 0 bridgehead atoms. The second-order valence-electron chi connectivity index (χ2n) is 10.0. The van der Waals surface area contributed by atoms with E-state index in [1.54, 1.807) is 20.8 Å². The Labute approximate surface area is 201 Å². The van der Waals surface area contributed by atoms with Crippen molar-refractivity contribution < 1.29 is 29.7 Å². The molecular weight excluding hydrogens is 420 g/mol. The van der Waals surface area contributed by atoms with Crippen LogP contribution in [0, 0.1) is 17.8 Å². The van der Waals surface area contributed by atoms with Crippen molar-refractivity contribution in [2.24, 2.45) is 17.8 Å². The lowest BCUT2D eigenvalue weighted by Gasteiger charge is -2.42. The summed E-state index contributed by atoms with van der Waals surface area (Å²) in [4.78, 5) is 40.4. The average Bonchev–Trinajstić information content (AvgIpc) is 2.81. The molecule has 33 heavy (non-hydrogen) atoms. The molecule has 4 unspecified atom stereocenters. The van der Waals surface area contributed by atoms with E-state index in [9.17, 15) is 29.7 Å². The van der Waals surface area contributed by atoms with Gasteiger partial charge in [0.1, 0.15) is 0 Å². The number of aliphatic hydroxyl groups excluding tert-OH is 1. The first-order valence-corrected chi connectivity index (χ1v) is 13.2. The summed E-state index contributed by atoms with van der Waals surface area (Å²) < 4.78 is 0. The first kappa shape index (κ1) is 31.9. The van der Waals surface area contributed by atoms with Gasteiger partial charge in [-0.15, -0.1) is 0 Å². The Morgan fingerprint density at radius 3 is 1.18 bits per heavy atom. The van der Waals surface area contributed by atoms with Crippen molar-refractivity contribution in [3.63, 3.8) is 0 Å². The molecule has 6 nitrogen and oxygen atoms in total. The fraction of sp³-hybridized carbons (Fsp3) is 0.889. The molecule has 0 saturated carbocycles. The number of ketones is 3. The molecule has 0 aromatic carbocycles. The van der Waals surface area contributed by atoms with Crippen molar-refractivity contribution in [3.05, 3.63) is 0 Å². The largest absolute Gasteiger partial charge is 0.393 e. The molecule has 4 atom stereocenters. The average molecular weight is 471 g/mol. The molecule has 0 rings (SSSR count). The number of Topliss-reactive ketones (excluding diaryl/α,β-unsaturated/α-hetero) is 3. The number of unbranched alkanes of at least 4 members (excludes halogenated alkanes) is 6. The zero-order valence-electron chi connectivity index (χ0n) is 22.0. The van der Waals surface area contributed by atoms with Crippen molar-refractivity contribution in [3.8, 4) is 0 Å². The first-order valence-electron chi connectivity index (χ1n) is 13.2. The Morgan fingerprint density at radius 1 is 0.606 bits per heavy atom. The van der Waals surface area contributed by atoms with Crippen molar-refractivity contribution in [2.75, 3.05) is 6.61 Å². The van der Waals surface area contributed by atoms with Crippen LogP contribution in [0.4, 0.5) is 0 Å². The van der Waals surface area contributed by atoms with Crippen molar-refractivity contribution in [2.45, 2.75) is 130 Å². The van der Waals surface area contributed by atoms with E-state index in [4.69, 9.17) is 0 Å². The maximum absolute atomic E-state index is 13.5. The van der Waals surface area contributed by atoms with E-state index in [-0.39, 0.29) is 0 Å². The van der Waals surface area contributed by atoms with Gasteiger partial charge < -0.3 is 15.3 Å². The van der Waals surface area contributed by atoms with Gasteiger partial charge in [-0.2, -0.15) is 0 Å². The van der Waals surface area contributed by atoms with Gasteiger partial charge in [-0.05, 0) is 19.3 Å². The molecule has 0 aliphatic rings. The Bertz CT molecular complexity index is 573. The van der Waals surface area contributed by atoms with Gasteiger partial charge in [-0.25, -0.2) is 0 Å². The normalized spacial score (nSPS) is 18.1. The third-order valence-corrected chi connectivity index (χ3v) is 7.01. The second-order valence-corrected chi connectivity index (χ2v) is 10.0. The van der Waals surface area contributed by atoms with Crippen LogP contribution in [0.2, 0.25) is 0 Å². The molecule has 0 saturated heterocycles. The lowest BCUT2D eigenvalue weighted by atomic mass is 9.66. The summed E-state index contributed by atoms with van der Waals surface area (Å²) in [6.07, 6.45) is 9.10. The molecule has 0 spiro atoms. The van der Waals surface area contributed by atoms with Gasteiger partial charge in [0.05, 0.1) is 6.61 Å². The molecule has 0 radical (unpaired) electrons. The van der Waals surface area contributed by atoms with Crippen molar-refractivity contribution in [1.29, 1.82) is 0 Å². The highest BCUT2D eigenvalue weighted by Gasteiger charge is 2.64. The predicted octanol–water partition coefficient (Wildman–Crippen LogP) is 4.80. The number of carbonyl (C=O) groups excluding carboxylic acids is 3. The highest BCUT2D eigenvalue weighted by molar-refractivity contribution is 6.17. The zero-order valence-corrected chi connectivity index (χ0v) is 22.0. The predicted molar refractivity (Wildman–Crippen MR) is 132 cm³/mol. The maximum atomic E-state index is 13.5. The zero-order chi connectivity index (χ0) is 25.7. The third kappa shape index (κ3) is 8.25. The minimum absolute atomic E-state index is 0.439. The van der Waals surface area contributed by atoms with Crippen LogP contribution < -0.4 is 0 Å². The summed E-state index contributed by atoms with van der Waals surface area (Å²) in [6, 6.07) is 0. The summed E-state index contributed by atoms with van der Waals surface area (Å²) in [6.45, 7) is 9.77. The van der Waals surface area contributed by atoms with Gasteiger partial charge in [0, 0.05) is 17.8 Å². The lowest BCUT2D eigenvalue weighted by molar-refractivity contribution is -0.199. The van der Waals surface area contributed by atoms with Crippen LogP contribution >= 0.6 is 0 Å². The van der Waals surface area contributed by atoms with Gasteiger partial charge in [-0.3, -0.25) is 14.4 Å². The molecule has 3 N–H and O–H groups in total. The fourth-order valence-corrected chi connectivity index (χ4v) is 4.52. The van der Waals surface area contributed by atoms with Crippen LogP contribution in [-0.4, -0.2) is 50.5 Å². The Kier molecular flexibility index (Phi) is 15.2. The molecule has 0 heterocycles. The Hall–Kier alpha value is -1.11. The topological polar surface area (TPSA) is 112 Å². The highest BCUT2D eigenvalue weighted by atomic mass is 16.4. The first-order chi connectivity index (χ1) is 15.5. The minimum atomic E-state index is -2.96. The van der Waals surface area contributed by atoms with E-state index >= 15 is 0 Å². The lowest BCUT2D eigenvalue weighted by Crippen LogP contribution is -2.72. The smallest absolute Gasteiger partial charge is 0.220 e. The minimum Gasteiger partial charge on any atom is -0.393 e. The van der Waals surface area contributed by atoms with E-state index < -0.39 is 52.9 Å². The summed E-state index contributed by atoms with van der Waals surface area (Å²) >= 11 is 0. The number of aliphatic hydroxyl groups is 3. The maximum Gasteiger partial charge on any atom is 0.220 e. The standard InChI is InChI=1S/C27H50O6/c1-7-10-13-16-20(4)23(29)26(32,19-28)27(33,24(30)21(5)17-14-11-8-2)25(31)22(6)18-15-12-9-3/h20-22,28,32-33H,7-19H2,1-6H3. The number of hydrogen-bond acceptors (Lipinski definition) is 6. The van der Waals surface area contributed by atoms with Gasteiger partial charge in [-0.1, -0.05) is 99.3 Å². The Morgan fingerprint density at radius 2 is 0.909 bits per heavy atom. The summed E-state index contributed by atoms with van der Waals surface area (Å²) in [5.74, 6) is -4.73. The summed E-state index contributed by atoms with van der Waals surface area (Å²) in [5.41, 5.74) is -5.82. The van der Waals surface area contributed by atoms with Crippen LogP contribution in [0.1, 0.15) is 119 Å². The molecule has 0 fully saturated rings. The van der Waals surface area contributed by atoms with Gasteiger partial charge in [0.15, 0.2) is 23.0 Å². The quantitative estimate of drug-likeness (QED) is 0.174. The molecule has 194 valence electrons. The molecule has 0 aliphatic heterocycles. The molecule has 0 aliphatic carbocycles. The van der Waals surface area contributed by atoms with Crippen LogP contribution in [0.5, 0.6) is 0 Å². The third-order valence-electron chi connectivity index (χ3n) is 7.01. The summed E-state index contributed by atoms with van der Waals surface area (Å²) in [5, 5.41) is 33.3. The van der Waals surface area contributed by atoms with Gasteiger partial charge >= 0.3 is 0 Å². The monoisotopic (exact) mass is 470 g/mol. The van der Waals surface area contributed by atoms with Crippen LogP contribution in [0.25, 0.3) is 0 Å². The molecule has 6 heteroatoms. The fourth-order valence-electron chi connectivity index (χ4n) is 4.52. The second kappa shape index (κ2) is 15.7. The molecule has 0 aromatic rings. The number of hydrogen-bond donors (Lipinski definition) is 3. The molecular formula is C27H50O6. The molecule has 0 aromatic heterocycles. The van der Waals surface area contributed by atoms with E-state index in [2.05, 4.69) is 0 Å². The summed E-state index contributed by atoms with van der Waals surface area (Å²) in [7, 11) is 0. The van der Waals surface area contributed by atoms with Crippen LogP contribution in [-0.2, 0) is 14.4 Å². The van der Waals surface area contributed by atoms with E-state index in [0.29, 0.717) is 19.3 Å². The van der Waals surface area contributed by atoms with E-state index in [1.807, 2.05) is 20.8 Å². The van der Waals surface area contributed by atoms with Gasteiger partial charge in [0.2, 0.25) is 5.60 Å². The van der Waals surface area contributed by atoms with E-state index in [0.717, 1.165) is 57.8 Å². The van der Waals surface area contributed by atoms with Crippen LogP contribution in [0.15, 0.2) is 0 Å². The molecule has 0 amide bonds. The van der Waals surface area contributed by atoms with Crippen molar-refractivity contribution in [1.82, 2.24) is 0 Å². The highest BCUT2D eigenvalue weighted by Crippen LogP contribution is 2.36. The number of carbonyl (C=O) groups is 3.